The SMILES string of the molecule is CC(C)(C)c1ccc(Cl)c([C@@H]2CCCN2)c1. The lowest BCUT2D eigenvalue weighted by atomic mass is 9.85. The van der Waals surface area contributed by atoms with E-state index in [1.165, 1.54) is 24.0 Å². The van der Waals surface area contributed by atoms with Crippen LogP contribution in [0.15, 0.2) is 18.2 Å². The predicted octanol–water partition coefficient (Wildman–Crippen LogP) is 4.06. The molecule has 1 aliphatic rings. The molecule has 1 nitrogen and oxygen atoms in total. The summed E-state index contributed by atoms with van der Waals surface area (Å²) in [7, 11) is 0. The van der Waals surface area contributed by atoms with Gasteiger partial charge < -0.3 is 5.32 Å². The lowest BCUT2D eigenvalue weighted by Gasteiger charge is -2.22. The van der Waals surface area contributed by atoms with Crippen molar-refractivity contribution in [3.05, 3.63) is 34.3 Å². The highest BCUT2D eigenvalue weighted by Crippen LogP contribution is 2.33. The van der Waals surface area contributed by atoms with E-state index in [2.05, 4.69) is 38.2 Å². The van der Waals surface area contributed by atoms with Crippen LogP contribution in [0.2, 0.25) is 5.02 Å². The van der Waals surface area contributed by atoms with Crippen molar-refractivity contribution < 1.29 is 0 Å². The van der Waals surface area contributed by atoms with E-state index in [4.69, 9.17) is 11.6 Å². The highest BCUT2D eigenvalue weighted by Gasteiger charge is 2.21. The summed E-state index contributed by atoms with van der Waals surface area (Å²) in [6.45, 7) is 7.83. The fourth-order valence-electron chi connectivity index (χ4n) is 2.23. The van der Waals surface area contributed by atoms with Gasteiger partial charge in [-0.25, -0.2) is 0 Å². The smallest absolute Gasteiger partial charge is 0.0454 e. The van der Waals surface area contributed by atoms with Crippen molar-refractivity contribution in [3.63, 3.8) is 0 Å². The second kappa shape index (κ2) is 4.38. The van der Waals surface area contributed by atoms with Gasteiger partial charge in [-0.05, 0) is 42.0 Å². The average Bonchev–Trinajstić information content (AvgIpc) is 2.69. The summed E-state index contributed by atoms with van der Waals surface area (Å²) in [5.74, 6) is 0. The Labute approximate surface area is 103 Å². The van der Waals surface area contributed by atoms with E-state index >= 15 is 0 Å². The second-order valence-corrected chi connectivity index (χ2v) is 6.04. The molecule has 1 aromatic rings. The monoisotopic (exact) mass is 237 g/mol. The summed E-state index contributed by atoms with van der Waals surface area (Å²) in [5, 5.41) is 4.40. The van der Waals surface area contributed by atoms with Crippen molar-refractivity contribution in [1.82, 2.24) is 5.32 Å². The molecule has 1 heterocycles. The van der Waals surface area contributed by atoms with Crippen molar-refractivity contribution in [2.75, 3.05) is 6.54 Å². The minimum absolute atomic E-state index is 0.192. The first-order chi connectivity index (χ1) is 7.48. The lowest BCUT2D eigenvalue weighted by Crippen LogP contribution is -2.16. The molecule has 1 atom stereocenters. The molecule has 0 aliphatic carbocycles. The van der Waals surface area contributed by atoms with Crippen LogP contribution in [0.4, 0.5) is 0 Å². The molecule has 0 spiro atoms. The van der Waals surface area contributed by atoms with E-state index < -0.39 is 0 Å². The zero-order valence-corrected chi connectivity index (χ0v) is 11.1. The average molecular weight is 238 g/mol. The maximum Gasteiger partial charge on any atom is 0.0454 e. The van der Waals surface area contributed by atoms with Crippen molar-refractivity contribution in [2.45, 2.75) is 45.1 Å². The van der Waals surface area contributed by atoms with Crippen molar-refractivity contribution in [2.24, 2.45) is 0 Å². The molecule has 0 unspecified atom stereocenters. The van der Waals surface area contributed by atoms with E-state index in [9.17, 15) is 0 Å². The lowest BCUT2D eigenvalue weighted by molar-refractivity contribution is 0.584. The van der Waals surface area contributed by atoms with Gasteiger partial charge in [0.25, 0.3) is 0 Å². The first kappa shape index (κ1) is 11.9. The van der Waals surface area contributed by atoms with Crippen LogP contribution >= 0.6 is 11.6 Å². The van der Waals surface area contributed by atoms with E-state index in [0.717, 1.165) is 11.6 Å². The van der Waals surface area contributed by atoms with Gasteiger partial charge in [0.2, 0.25) is 0 Å². The maximum atomic E-state index is 6.29. The van der Waals surface area contributed by atoms with Crippen LogP contribution in [0.5, 0.6) is 0 Å². The van der Waals surface area contributed by atoms with Crippen molar-refractivity contribution >= 4 is 11.6 Å². The normalized spacial score (nSPS) is 21.4. The number of nitrogens with one attached hydrogen (secondary N) is 1. The van der Waals surface area contributed by atoms with Crippen LogP contribution in [-0.2, 0) is 5.41 Å². The summed E-state index contributed by atoms with van der Waals surface area (Å²) < 4.78 is 0. The molecule has 1 aliphatic heterocycles. The van der Waals surface area contributed by atoms with Gasteiger partial charge in [-0.2, -0.15) is 0 Å². The molecule has 0 amide bonds. The molecule has 2 rings (SSSR count). The van der Waals surface area contributed by atoms with E-state index in [0.29, 0.717) is 6.04 Å². The molecule has 2 heteroatoms. The summed E-state index contributed by atoms with van der Waals surface area (Å²) >= 11 is 6.29. The first-order valence-electron chi connectivity index (χ1n) is 6.02. The van der Waals surface area contributed by atoms with Gasteiger partial charge in [0.05, 0.1) is 0 Å². The number of benzene rings is 1. The minimum Gasteiger partial charge on any atom is -0.310 e. The van der Waals surface area contributed by atoms with Gasteiger partial charge >= 0.3 is 0 Å². The molecular weight excluding hydrogens is 218 g/mol. The summed E-state index contributed by atoms with van der Waals surface area (Å²) in [6, 6.07) is 6.90. The third-order valence-electron chi connectivity index (χ3n) is 3.30. The Balaban J connectivity index is 2.36. The number of hydrogen-bond acceptors (Lipinski definition) is 1. The van der Waals surface area contributed by atoms with Crippen LogP contribution in [0, 0.1) is 0 Å². The molecule has 1 N–H and O–H groups in total. The van der Waals surface area contributed by atoms with Crippen LogP contribution in [-0.4, -0.2) is 6.54 Å². The number of rotatable bonds is 1. The zero-order valence-electron chi connectivity index (χ0n) is 10.3. The third-order valence-corrected chi connectivity index (χ3v) is 3.64. The van der Waals surface area contributed by atoms with Gasteiger partial charge in [-0.15, -0.1) is 0 Å². The second-order valence-electron chi connectivity index (χ2n) is 5.64. The summed E-state index contributed by atoms with van der Waals surface area (Å²) in [6.07, 6.45) is 2.45. The largest absolute Gasteiger partial charge is 0.310 e. The van der Waals surface area contributed by atoms with E-state index in [-0.39, 0.29) is 5.41 Å². The summed E-state index contributed by atoms with van der Waals surface area (Å²) in [5.41, 5.74) is 2.82. The molecule has 1 fully saturated rings. The Hall–Kier alpha value is -0.530. The first-order valence-corrected chi connectivity index (χ1v) is 6.39. The van der Waals surface area contributed by atoms with Gasteiger partial charge in [0, 0.05) is 11.1 Å². The fourth-order valence-corrected chi connectivity index (χ4v) is 2.48. The third kappa shape index (κ3) is 2.41. The van der Waals surface area contributed by atoms with Crippen molar-refractivity contribution in [3.8, 4) is 0 Å². The van der Waals surface area contributed by atoms with Gasteiger partial charge in [-0.3, -0.25) is 0 Å². The molecule has 0 saturated carbocycles. The van der Waals surface area contributed by atoms with Crippen LogP contribution < -0.4 is 5.32 Å². The number of hydrogen-bond donors (Lipinski definition) is 1. The van der Waals surface area contributed by atoms with E-state index in [1.54, 1.807) is 0 Å². The standard InChI is InChI=1S/C14H20ClN/c1-14(2,3)10-6-7-12(15)11(9-10)13-5-4-8-16-13/h6-7,9,13,16H,4-5,8H2,1-3H3/t13-/m0/s1. The molecule has 0 bridgehead atoms. The highest BCUT2D eigenvalue weighted by molar-refractivity contribution is 6.31. The molecule has 1 aromatic carbocycles. The molecule has 0 radical (unpaired) electrons. The summed E-state index contributed by atoms with van der Waals surface area (Å²) in [4.78, 5) is 0. The quantitative estimate of drug-likeness (QED) is 0.777. The molecule has 16 heavy (non-hydrogen) atoms. The number of halogens is 1. The topological polar surface area (TPSA) is 12.0 Å². The Morgan fingerprint density at radius 1 is 1.31 bits per heavy atom. The highest BCUT2D eigenvalue weighted by atomic mass is 35.5. The maximum absolute atomic E-state index is 6.29. The zero-order chi connectivity index (χ0) is 11.8. The minimum atomic E-state index is 0.192. The fraction of sp³-hybridized carbons (Fsp3) is 0.571. The van der Waals surface area contributed by atoms with Gasteiger partial charge in [-0.1, -0.05) is 44.5 Å². The molecule has 1 saturated heterocycles. The Bertz CT molecular complexity index is 373. The van der Waals surface area contributed by atoms with Gasteiger partial charge in [0.15, 0.2) is 0 Å². The van der Waals surface area contributed by atoms with Crippen molar-refractivity contribution in [1.29, 1.82) is 0 Å². The van der Waals surface area contributed by atoms with Crippen LogP contribution in [0.1, 0.15) is 50.8 Å². The van der Waals surface area contributed by atoms with Crippen LogP contribution in [0.3, 0.4) is 0 Å². The predicted molar refractivity (Wildman–Crippen MR) is 70.1 cm³/mol. The molecule has 0 aromatic heterocycles. The Kier molecular flexibility index (Phi) is 3.27. The Morgan fingerprint density at radius 3 is 2.62 bits per heavy atom. The van der Waals surface area contributed by atoms with Crippen LogP contribution in [0.25, 0.3) is 0 Å². The Morgan fingerprint density at radius 2 is 2.06 bits per heavy atom. The van der Waals surface area contributed by atoms with Gasteiger partial charge in [0.1, 0.15) is 0 Å². The molecular formula is C14H20ClN. The van der Waals surface area contributed by atoms with E-state index in [1.807, 2.05) is 6.07 Å². The molecule has 88 valence electrons.